The maximum absolute atomic E-state index is 6.48. The van der Waals surface area contributed by atoms with Crippen LogP contribution in [0.4, 0.5) is 0 Å². The molecule has 1 saturated heterocycles. The third kappa shape index (κ3) is 2.45. The molecule has 98 valence electrons. The van der Waals surface area contributed by atoms with Crippen LogP contribution >= 0.6 is 0 Å². The van der Waals surface area contributed by atoms with Crippen LogP contribution in [0, 0.1) is 5.92 Å². The lowest BCUT2D eigenvalue weighted by Crippen LogP contribution is -2.39. The fourth-order valence-corrected chi connectivity index (χ4v) is 3.54. The predicted molar refractivity (Wildman–Crippen MR) is 75.5 cm³/mol. The van der Waals surface area contributed by atoms with E-state index >= 15 is 0 Å². The Balaban J connectivity index is 1.68. The zero-order chi connectivity index (χ0) is 12.4. The molecule has 1 aromatic rings. The maximum Gasteiger partial charge on any atom is 0.0338 e. The zero-order valence-electron chi connectivity index (χ0n) is 11.1. The van der Waals surface area contributed by atoms with Crippen molar-refractivity contribution in [1.82, 2.24) is 4.90 Å². The highest BCUT2D eigenvalue weighted by Gasteiger charge is 2.28. The van der Waals surface area contributed by atoms with Crippen molar-refractivity contribution in [3.8, 4) is 0 Å². The number of fused-ring (bicyclic) bond motifs is 1. The average molecular weight is 244 g/mol. The van der Waals surface area contributed by atoms with Crippen LogP contribution in [0.2, 0.25) is 0 Å². The topological polar surface area (TPSA) is 29.3 Å². The third-order valence-corrected chi connectivity index (χ3v) is 4.65. The van der Waals surface area contributed by atoms with Gasteiger partial charge in [0.15, 0.2) is 0 Å². The first-order valence-electron chi connectivity index (χ1n) is 7.40. The number of likely N-dealkylation sites (tertiary alicyclic amines) is 1. The Morgan fingerprint density at radius 3 is 2.72 bits per heavy atom. The van der Waals surface area contributed by atoms with Crippen molar-refractivity contribution in [2.45, 2.75) is 38.1 Å². The second-order valence-electron chi connectivity index (χ2n) is 5.88. The van der Waals surface area contributed by atoms with Crippen LogP contribution in [0.5, 0.6) is 0 Å². The zero-order valence-corrected chi connectivity index (χ0v) is 11.1. The number of nitrogens with two attached hydrogens (primary N) is 1. The number of piperidine rings is 1. The van der Waals surface area contributed by atoms with Crippen molar-refractivity contribution in [3.63, 3.8) is 0 Å². The van der Waals surface area contributed by atoms with E-state index in [1.54, 1.807) is 0 Å². The number of nitrogens with zero attached hydrogens (tertiary/aromatic N) is 1. The Labute approximate surface area is 110 Å². The van der Waals surface area contributed by atoms with E-state index in [2.05, 4.69) is 29.2 Å². The summed E-state index contributed by atoms with van der Waals surface area (Å²) in [6, 6.07) is 8.98. The molecular formula is C16H24N2. The number of hydrogen-bond donors (Lipinski definition) is 1. The van der Waals surface area contributed by atoms with E-state index in [1.807, 2.05) is 0 Å². The fraction of sp³-hybridized carbons (Fsp3) is 0.625. The SMILES string of the molecule is N[C@H]1c2ccccc2CCC1CN1CCCCC1. The molecule has 0 aromatic heterocycles. The molecule has 2 atom stereocenters. The van der Waals surface area contributed by atoms with Crippen molar-refractivity contribution in [2.24, 2.45) is 11.7 Å². The fourth-order valence-electron chi connectivity index (χ4n) is 3.54. The predicted octanol–water partition coefficient (Wildman–Crippen LogP) is 2.73. The Bertz CT molecular complexity index is 396. The van der Waals surface area contributed by atoms with Gasteiger partial charge in [0.2, 0.25) is 0 Å². The molecule has 0 radical (unpaired) electrons. The number of aryl methyl sites for hydroxylation is 1. The molecule has 3 rings (SSSR count). The van der Waals surface area contributed by atoms with Crippen LogP contribution in [-0.4, -0.2) is 24.5 Å². The summed E-state index contributed by atoms with van der Waals surface area (Å²) in [6.45, 7) is 3.77. The van der Waals surface area contributed by atoms with Gasteiger partial charge in [-0.2, -0.15) is 0 Å². The molecule has 0 amide bonds. The summed E-state index contributed by atoms with van der Waals surface area (Å²) < 4.78 is 0. The molecule has 2 aliphatic rings. The molecule has 2 heteroatoms. The highest BCUT2D eigenvalue weighted by Crippen LogP contribution is 2.33. The van der Waals surface area contributed by atoms with Gasteiger partial charge in [-0.3, -0.25) is 0 Å². The third-order valence-electron chi connectivity index (χ3n) is 4.65. The van der Waals surface area contributed by atoms with E-state index in [1.165, 1.54) is 62.9 Å². The first-order chi connectivity index (χ1) is 8.84. The van der Waals surface area contributed by atoms with E-state index in [9.17, 15) is 0 Å². The molecule has 0 bridgehead atoms. The molecule has 0 saturated carbocycles. The van der Waals surface area contributed by atoms with E-state index in [0.717, 1.165) is 0 Å². The normalized spacial score (nSPS) is 28.9. The van der Waals surface area contributed by atoms with E-state index < -0.39 is 0 Å². The Morgan fingerprint density at radius 2 is 1.89 bits per heavy atom. The summed E-state index contributed by atoms with van der Waals surface area (Å²) in [6.07, 6.45) is 6.63. The van der Waals surface area contributed by atoms with Crippen LogP contribution in [0.25, 0.3) is 0 Å². The molecule has 1 aliphatic heterocycles. The standard InChI is InChI=1S/C16H24N2/c17-16-14(12-18-10-4-1-5-11-18)9-8-13-6-2-3-7-15(13)16/h2-3,6-7,14,16H,1,4-5,8-12,17H2/t14?,16-/m1/s1. The quantitative estimate of drug-likeness (QED) is 0.866. The summed E-state index contributed by atoms with van der Waals surface area (Å²) in [5.41, 5.74) is 9.35. The molecule has 1 heterocycles. The first-order valence-corrected chi connectivity index (χ1v) is 7.40. The highest BCUT2D eigenvalue weighted by molar-refractivity contribution is 5.32. The summed E-state index contributed by atoms with van der Waals surface area (Å²) in [7, 11) is 0. The van der Waals surface area contributed by atoms with Gasteiger partial charge in [0.1, 0.15) is 0 Å². The summed E-state index contributed by atoms with van der Waals surface area (Å²) in [4.78, 5) is 2.63. The van der Waals surface area contributed by atoms with Crippen LogP contribution < -0.4 is 5.73 Å². The molecule has 1 aromatic carbocycles. The van der Waals surface area contributed by atoms with E-state index in [4.69, 9.17) is 5.73 Å². The smallest absolute Gasteiger partial charge is 0.0338 e. The monoisotopic (exact) mass is 244 g/mol. The van der Waals surface area contributed by atoms with Crippen LogP contribution in [0.15, 0.2) is 24.3 Å². The second-order valence-corrected chi connectivity index (χ2v) is 5.88. The summed E-state index contributed by atoms with van der Waals surface area (Å²) in [5.74, 6) is 0.651. The molecule has 1 fully saturated rings. The molecule has 1 unspecified atom stereocenters. The minimum Gasteiger partial charge on any atom is -0.324 e. The lowest BCUT2D eigenvalue weighted by Gasteiger charge is -2.36. The van der Waals surface area contributed by atoms with E-state index in [0.29, 0.717) is 5.92 Å². The minimum absolute atomic E-state index is 0.247. The molecule has 18 heavy (non-hydrogen) atoms. The lowest BCUT2D eigenvalue weighted by molar-refractivity contribution is 0.173. The largest absolute Gasteiger partial charge is 0.324 e. The van der Waals surface area contributed by atoms with Crippen LogP contribution in [0.3, 0.4) is 0 Å². The Hall–Kier alpha value is -0.860. The maximum atomic E-state index is 6.48. The molecule has 0 spiro atoms. The first kappa shape index (κ1) is 12.2. The number of hydrogen-bond acceptors (Lipinski definition) is 2. The van der Waals surface area contributed by atoms with Crippen molar-refractivity contribution in [1.29, 1.82) is 0 Å². The van der Waals surface area contributed by atoms with E-state index in [-0.39, 0.29) is 6.04 Å². The van der Waals surface area contributed by atoms with Gasteiger partial charge in [-0.15, -0.1) is 0 Å². The molecular weight excluding hydrogens is 220 g/mol. The van der Waals surface area contributed by atoms with Crippen LogP contribution in [0.1, 0.15) is 42.9 Å². The summed E-state index contributed by atoms with van der Waals surface area (Å²) >= 11 is 0. The Morgan fingerprint density at radius 1 is 1.11 bits per heavy atom. The van der Waals surface area contributed by atoms with Crippen molar-refractivity contribution < 1.29 is 0 Å². The second kappa shape index (κ2) is 5.41. The Kier molecular flexibility index (Phi) is 3.67. The summed E-state index contributed by atoms with van der Waals surface area (Å²) in [5, 5.41) is 0. The van der Waals surface area contributed by atoms with Gasteiger partial charge in [0, 0.05) is 12.6 Å². The minimum atomic E-state index is 0.247. The number of rotatable bonds is 2. The van der Waals surface area contributed by atoms with Gasteiger partial charge in [-0.05, 0) is 55.8 Å². The van der Waals surface area contributed by atoms with Gasteiger partial charge in [0.25, 0.3) is 0 Å². The molecule has 1 aliphatic carbocycles. The van der Waals surface area contributed by atoms with Crippen molar-refractivity contribution >= 4 is 0 Å². The average Bonchev–Trinajstić information content (AvgIpc) is 2.43. The van der Waals surface area contributed by atoms with Gasteiger partial charge < -0.3 is 10.6 Å². The van der Waals surface area contributed by atoms with Gasteiger partial charge in [-0.25, -0.2) is 0 Å². The lowest BCUT2D eigenvalue weighted by atomic mass is 9.80. The van der Waals surface area contributed by atoms with Gasteiger partial charge in [-0.1, -0.05) is 30.7 Å². The van der Waals surface area contributed by atoms with Crippen molar-refractivity contribution in [3.05, 3.63) is 35.4 Å². The van der Waals surface area contributed by atoms with Crippen molar-refractivity contribution in [2.75, 3.05) is 19.6 Å². The molecule has 2 nitrogen and oxygen atoms in total. The van der Waals surface area contributed by atoms with Gasteiger partial charge >= 0.3 is 0 Å². The molecule has 2 N–H and O–H groups in total. The highest BCUT2D eigenvalue weighted by atomic mass is 15.1. The van der Waals surface area contributed by atoms with Gasteiger partial charge in [0.05, 0.1) is 0 Å². The van der Waals surface area contributed by atoms with Crippen LogP contribution in [-0.2, 0) is 6.42 Å². The number of benzene rings is 1.